The summed E-state index contributed by atoms with van der Waals surface area (Å²) in [5, 5.41) is 8.77. The van der Waals surface area contributed by atoms with Gasteiger partial charge in [-0.1, -0.05) is 12.1 Å². The Balaban J connectivity index is 2.37. The quantitative estimate of drug-likeness (QED) is 0.926. The van der Waals surface area contributed by atoms with Gasteiger partial charge in [0.05, 0.1) is 11.1 Å². The average molecular weight is 294 g/mol. The van der Waals surface area contributed by atoms with E-state index in [4.69, 9.17) is 5.11 Å². The molecule has 0 aliphatic rings. The van der Waals surface area contributed by atoms with Crippen LogP contribution >= 0.6 is 15.9 Å². The monoisotopic (exact) mass is 293 g/mol. The van der Waals surface area contributed by atoms with E-state index in [0.717, 1.165) is 0 Å². The van der Waals surface area contributed by atoms with Gasteiger partial charge in [0.25, 0.3) is 5.91 Å². The van der Waals surface area contributed by atoms with Crippen molar-refractivity contribution in [3.8, 4) is 0 Å². The van der Waals surface area contributed by atoms with Crippen molar-refractivity contribution < 1.29 is 14.7 Å². The SMILES string of the molecule is O=C(O)c1ccn(C(=O)c2ccccc2Br)c1. The highest BCUT2D eigenvalue weighted by Gasteiger charge is 2.13. The Kier molecular flexibility index (Phi) is 3.10. The van der Waals surface area contributed by atoms with E-state index in [1.54, 1.807) is 24.3 Å². The number of benzene rings is 1. The molecule has 2 rings (SSSR count). The molecule has 1 aromatic heterocycles. The Morgan fingerprint density at radius 1 is 1.18 bits per heavy atom. The van der Waals surface area contributed by atoms with E-state index in [2.05, 4.69) is 15.9 Å². The number of carboxylic acids is 1. The third-order valence-corrected chi connectivity index (χ3v) is 2.97. The van der Waals surface area contributed by atoms with Gasteiger partial charge < -0.3 is 5.11 Å². The number of aromatic carboxylic acids is 1. The second-order valence-corrected chi connectivity index (χ2v) is 4.25. The van der Waals surface area contributed by atoms with Crippen LogP contribution in [0.3, 0.4) is 0 Å². The zero-order valence-electron chi connectivity index (χ0n) is 8.63. The molecule has 0 spiro atoms. The molecule has 0 saturated heterocycles. The molecule has 1 N–H and O–H groups in total. The third kappa shape index (κ3) is 2.29. The van der Waals surface area contributed by atoms with Crippen molar-refractivity contribution in [2.24, 2.45) is 0 Å². The van der Waals surface area contributed by atoms with Crippen molar-refractivity contribution in [3.63, 3.8) is 0 Å². The van der Waals surface area contributed by atoms with Crippen LogP contribution in [0.5, 0.6) is 0 Å². The van der Waals surface area contributed by atoms with Gasteiger partial charge in [0.1, 0.15) is 0 Å². The van der Waals surface area contributed by atoms with E-state index in [-0.39, 0.29) is 11.5 Å². The molecule has 1 heterocycles. The number of aromatic nitrogens is 1. The minimum atomic E-state index is -1.05. The topological polar surface area (TPSA) is 59.3 Å². The summed E-state index contributed by atoms with van der Waals surface area (Å²) >= 11 is 3.28. The molecule has 0 fully saturated rings. The first kappa shape index (κ1) is 11.6. The summed E-state index contributed by atoms with van der Waals surface area (Å²) < 4.78 is 1.93. The molecule has 86 valence electrons. The van der Waals surface area contributed by atoms with Crippen LogP contribution in [0.25, 0.3) is 0 Å². The molecule has 0 amide bonds. The molecule has 0 radical (unpaired) electrons. The van der Waals surface area contributed by atoms with Crippen molar-refractivity contribution in [3.05, 3.63) is 58.3 Å². The highest BCUT2D eigenvalue weighted by molar-refractivity contribution is 9.10. The van der Waals surface area contributed by atoms with Gasteiger partial charge in [0.2, 0.25) is 0 Å². The lowest BCUT2D eigenvalue weighted by atomic mass is 10.2. The second-order valence-electron chi connectivity index (χ2n) is 3.40. The Morgan fingerprint density at radius 2 is 1.88 bits per heavy atom. The number of hydrogen-bond donors (Lipinski definition) is 1. The van der Waals surface area contributed by atoms with Crippen molar-refractivity contribution in [1.82, 2.24) is 4.57 Å². The maximum absolute atomic E-state index is 12.0. The Morgan fingerprint density at radius 3 is 2.47 bits per heavy atom. The number of carboxylic acid groups (broad SMARTS) is 1. The first-order chi connectivity index (χ1) is 8.09. The molecule has 1 aromatic carbocycles. The normalized spacial score (nSPS) is 10.2. The molecule has 0 aliphatic carbocycles. The predicted molar refractivity (Wildman–Crippen MR) is 65.3 cm³/mol. The van der Waals surface area contributed by atoms with Crippen LogP contribution in [0, 0.1) is 0 Å². The molecule has 5 heteroatoms. The summed E-state index contributed by atoms with van der Waals surface area (Å²) in [7, 11) is 0. The molecule has 4 nitrogen and oxygen atoms in total. The molecular formula is C12H8BrNO3. The summed E-state index contributed by atoms with van der Waals surface area (Å²) in [6.07, 6.45) is 2.73. The summed E-state index contributed by atoms with van der Waals surface area (Å²) in [6, 6.07) is 8.37. The summed E-state index contributed by atoms with van der Waals surface area (Å²) in [5.41, 5.74) is 0.574. The van der Waals surface area contributed by atoms with Crippen LogP contribution in [0.2, 0.25) is 0 Å². The predicted octanol–water partition coefficient (Wildman–Crippen LogP) is 2.64. The minimum absolute atomic E-state index is 0.0883. The van der Waals surface area contributed by atoms with Crippen molar-refractivity contribution in [1.29, 1.82) is 0 Å². The summed E-state index contributed by atoms with van der Waals surface area (Å²) in [5.74, 6) is -1.33. The van der Waals surface area contributed by atoms with E-state index in [1.807, 2.05) is 0 Å². The standard InChI is InChI=1S/C12H8BrNO3/c13-10-4-2-1-3-9(10)11(15)14-6-5-8(7-14)12(16)17/h1-7H,(H,16,17). The third-order valence-electron chi connectivity index (χ3n) is 2.28. The fourth-order valence-electron chi connectivity index (χ4n) is 1.42. The number of carbonyl (C=O) groups excluding carboxylic acids is 1. The summed E-state index contributed by atoms with van der Waals surface area (Å²) in [4.78, 5) is 22.7. The van der Waals surface area contributed by atoms with Crippen molar-refractivity contribution >= 4 is 27.8 Å². The largest absolute Gasteiger partial charge is 0.478 e. The Labute approximate surface area is 106 Å². The first-order valence-corrected chi connectivity index (χ1v) is 5.59. The van der Waals surface area contributed by atoms with Crippen LogP contribution in [0.4, 0.5) is 0 Å². The van der Waals surface area contributed by atoms with Crippen LogP contribution in [0.15, 0.2) is 47.2 Å². The van der Waals surface area contributed by atoms with E-state index < -0.39 is 5.97 Å². The minimum Gasteiger partial charge on any atom is -0.478 e. The fourth-order valence-corrected chi connectivity index (χ4v) is 1.88. The average Bonchev–Trinajstić information content (AvgIpc) is 2.78. The Hall–Kier alpha value is -1.88. The van der Waals surface area contributed by atoms with Gasteiger partial charge >= 0.3 is 5.97 Å². The number of rotatable bonds is 2. The molecule has 0 saturated carbocycles. The molecule has 17 heavy (non-hydrogen) atoms. The fraction of sp³-hybridized carbons (Fsp3) is 0. The highest BCUT2D eigenvalue weighted by atomic mass is 79.9. The van der Waals surface area contributed by atoms with Gasteiger partial charge in [-0.2, -0.15) is 0 Å². The summed E-state index contributed by atoms with van der Waals surface area (Å²) in [6.45, 7) is 0. The van der Waals surface area contributed by atoms with Gasteiger partial charge in [-0.3, -0.25) is 9.36 Å². The maximum Gasteiger partial charge on any atom is 0.337 e. The van der Waals surface area contributed by atoms with E-state index >= 15 is 0 Å². The molecular weight excluding hydrogens is 286 g/mol. The van der Waals surface area contributed by atoms with Gasteiger partial charge in [-0.15, -0.1) is 0 Å². The zero-order valence-corrected chi connectivity index (χ0v) is 10.2. The number of carbonyl (C=O) groups is 2. The lowest BCUT2D eigenvalue weighted by molar-refractivity contribution is 0.0697. The lowest BCUT2D eigenvalue weighted by Crippen LogP contribution is -2.10. The van der Waals surface area contributed by atoms with E-state index in [0.29, 0.717) is 10.0 Å². The second kappa shape index (κ2) is 4.55. The number of halogens is 1. The van der Waals surface area contributed by atoms with Crippen LogP contribution in [0.1, 0.15) is 20.7 Å². The number of nitrogens with zero attached hydrogens (tertiary/aromatic N) is 1. The van der Waals surface area contributed by atoms with E-state index in [9.17, 15) is 9.59 Å². The van der Waals surface area contributed by atoms with Crippen molar-refractivity contribution in [2.75, 3.05) is 0 Å². The van der Waals surface area contributed by atoms with Crippen LogP contribution < -0.4 is 0 Å². The molecule has 0 unspecified atom stereocenters. The van der Waals surface area contributed by atoms with Gasteiger partial charge in [-0.05, 0) is 34.1 Å². The molecule has 0 aliphatic heterocycles. The zero-order chi connectivity index (χ0) is 12.4. The van der Waals surface area contributed by atoms with Crippen LogP contribution in [-0.4, -0.2) is 21.6 Å². The molecule has 0 atom stereocenters. The molecule has 2 aromatic rings. The highest BCUT2D eigenvalue weighted by Crippen LogP contribution is 2.17. The number of hydrogen-bond acceptors (Lipinski definition) is 2. The Bertz CT molecular complexity index is 589. The maximum atomic E-state index is 12.0. The molecule has 0 bridgehead atoms. The smallest absolute Gasteiger partial charge is 0.337 e. The lowest BCUT2D eigenvalue weighted by Gasteiger charge is -2.03. The van der Waals surface area contributed by atoms with Gasteiger partial charge in [0, 0.05) is 16.9 Å². The van der Waals surface area contributed by atoms with Gasteiger partial charge in [0.15, 0.2) is 0 Å². The van der Waals surface area contributed by atoms with E-state index in [1.165, 1.54) is 23.0 Å². The first-order valence-electron chi connectivity index (χ1n) is 4.80. The van der Waals surface area contributed by atoms with Crippen molar-refractivity contribution in [2.45, 2.75) is 0 Å². The van der Waals surface area contributed by atoms with Crippen LogP contribution in [-0.2, 0) is 0 Å². The van der Waals surface area contributed by atoms with Gasteiger partial charge in [-0.25, -0.2) is 4.79 Å².